The fourth-order valence-electron chi connectivity index (χ4n) is 1.60. The molecule has 0 amide bonds. The number of ether oxygens (including phenoxy) is 1. The molecule has 14 heavy (non-hydrogen) atoms. The lowest BCUT2D eigenvalue weighted by Crippen LogP contribution is -2.55. The summed E-state index contributed by atoms with van der Waals surface area (Å²) >= 11 is 26.1. The molecule has 0 aromatic heterocycles. The van der Waals surface area contributed by atoms with E-state index in [4.69, 9.17) is 51.1 Å². The summed E-state index contributed by atoms with van der Waals surface area (Å²) in [6, 6.07) is 0. The smallest absolute Gasteiger partial charge is 0.0882 e. The normalized spacial score (nSPS) is 49.3. The number of thioether (sulfide) groups is 1. The zero-order valence-electron chi connectivity index (χ0n) is 7.79. The minimum atomic E-state index is -0.353. The van der Waals surface area contributed by atoms with E-state index in [1.54, 1.807) is 18.9 Å². The van der Waals surface area contributed by atoms with Crippen molar-refractivity contribution >= 4 is 58.2 Å². The van der Waals surface area contributed by atoms with Gasteiger partial charge in [-0.1, -0.05) is 0 Å². The second-order valence-electron chi connectivity index (χ2n) is 3.18. The maximum absolute atomic E-state index is 6.19. The van der Waals surface area contributed by atoms with Gasteiger partial charge in [-0.3, -0.25) is 0 Å². The van der Waals surface area contributed by atoms with Gasteiger partial charge in [0, 0.05) is 7.11 Å². The highest BCUT2D eigenvalue weighted by Gasteiger charge is 2.48. The van der Waals surface area contributed by atoms with E-state index in [1.165, 1.54) is 0 Å². The first-order valence-electron chi connectivity index (χ1n) is 4.16. The molecule has 1 aliphatic carbocycles. The molecule has 1 nitrogen and oxygen atoms in total. The fourth-order valence-corrected chi connectivity index (χ4v) is 4.54. The van der Waals surface area contributed by atoms with Crippen LogP contribution < -0.4 is 0 Å². The molecule has 0 saturated heterocycles. The molecule has 6 atom stereocenters. The Morgan fingerprint density at radius 2 is 1.43 bits per heavy atom. The molecule has 0 radical (unpaired) electrons. The van der Waals surface area contributed by atoms with Gasteiger partial charge in [-0.15, -0.1) is 46.4 Å². The van der Waals surface area contributed by atoms with Crippen LogP contribution in [0.2, 0.25) is 0 Å². The van der Waals surface area contributed by atoms with Gasteiger partial charge in [-0.25, -0.2) is 0 Å². The fraction of sp³-hybridized carbons (Fsp3) is 1.00. The molecule has 1 aliphatic rings. The largest absolute Gasteiger partial charge is 0.379 e. The SMILES string of the molecule is CO[C@@H]1[C@H](Cl)[C@@H](Cl)[C@H](Cl)[C@H](Cl)[C@H]1SC. The van der Waals surface area contributed by atoms with E-state index in [9.17, 15) is 0 Å². The Bertz CT molecular complexity index is 174. The molecule has 0 N–H and O–H groups in total. The number of halogens is 4. The molecule has 0 aromatic carbocycles. The highest BCUT2D eigenvalue weighted by atomic mass is 35.5. The molecular formula is C8H12Cl4OS. The van der Waals surface area contributed by atoms with Crippen LogP contribution in [-0.4, -0.2) is 46.2 Å². The first-order chi connectivity index (χ1) is 6.54. The predicted molar refractivity (Wildman–Crippen MR) is 66.7 cm³/mol. The first-order valence-corrected chi connectivity index (χ1v) is 7.19. The van der Waals surface area contributed by atoms with E-state index in [-0.39, 0.29) is 32.9 Å². The van der Waals surface area contributed by atoms with Gasteiger partial charge in [0.1, 0.15) is 0 Å². The average molecular weight is 298 g/mol. The third kappa shape index (κ3) is 2.41. The van der Waals surface area contributed by atoms with Crippen molar-refractivity contribution in [3.63, 3.8) is 0 Å². The van der Waals surface area contributed by atoms with Crippen molar-refractivity contribution in [1.29, 1.82) is 0 Å². The number of hydrogen-bond donors (Lipinski definition) is 0. The third-order valence-electron chi connectivity index (χ3n) is 2.41. The third-order valence-corrected chi connectivity index (χ3v) is 6.20. The molecular weight excluding hydrogens is 286 g/mol. The maximum atomic E-state index is 6.19. The van der Waals surface area contributed by atoms with Crippen molar-refractivity contribution in [3.8, 4) is 0 Å². The van der Waals surface area contributed by atoms with Crippen LogP contribution in [0.1, 0.15) is 0 Å². The van der Waals surface area contributed by atoms with Crippen molar-refractivity contribution in [2.75, 3.05) is 13.4 Å². The zero-order chi connectivity index (χ0) is 10.9. The summed E-state index contributed by atoms with van der Waals surface area (Å²) in [7, 11) is 1.62. The van der Waals surface area contributed by atoms with E-state index >= 15 is 0 Å². The lowest BCUT2D eigenvalue weighted by molar-refractivity contribution is 0.0832. The van der Waals surface area contributed by atoms with Gasteiger partial charge < -0.3 is 4.74 Å². The summed E-state index contributed by atoms with van der Waals surface area (Å²) in [6.45, 7) is 0. The highest BCUT2D eigenvalue weighted by molar-refractivity contribution is 7.99. The summed E-state index contributed by atoms with van der Waals surface area (Å²) < 4.78 is 5.32. The van der Waals surface area contributed by atoms with E-state index in [0.717, 1.165) is 0 Å². The lowest BCUT2D eigenvalue weighted by atomic mass is 9.95. The Balaban J connectivity index is 2.84. The molecule has 0 unspecified atom stereocenters. The number of alkyl halides is 4. The molecule has 0 aliphatic heterocycles. The second-order valence-corrected chi connectivity index (χ2v) is 6.21. The van der Waals surface area contributed by atoms with Crippen LogP contribution in [0.15, 0.2) is 0 Å². The minimum absolute atomic E-state index is 0.0849. The predicted octanol–water partition coefficient (Wildman–Crippen LogP) is 3.18. The standard InChI is InChI=1S/C8H12Cl4OS/c1-13-7-5(11)3(9)4(10)6(12)8(7)14-2/h3-8H,1-2H3/t3-,4-,5+,6-,7+,8+/m0/s1. The van der Waals surface area contributed by atoms with Gasteiger partial charge in [0.15, 0.2) is 0 Å². The summed E-state index contributed by atoms with van der Waals surface area (Å²) in [4.78, 5) is 0. The van der Waals surface area contributed by atoms with E-state index in [0.29, 0.717) is 0 Å². The Labute approximate surface area is 109 Å². The average Bonchev–Trinajstić information content (AvgIpc) is 2.20. The van der Waals surface area contributed by atoms with Crippen LogP contribution in [0.25, 0.3) is 0 Å². The molecule has 1 saturated carbocycles. The highest BCUT2D eigenvalue weighted by Crippen LogP contribution is 2.40. The number of rotatable bonds is 2. The van der Waals surface area contributed by atoms with Crippen LogP contribution in [0.3, 0.4) is 0 Å². The Kier molecular flexibility index (Phi) is 5.51. The summed E-state index contributed by atoms with van der Waals surface area (Å²) in [6.07, 6.45) is 1.82. The van der Waals surface area contributed by atoms with Gasteiger partial charge in [-0.2, -0.15) is 11.8 Å². The zero-order valence-corrected chi connectivity index (χ0v) is 11.6. The summed E-state index contributed by atoms with van der Waals surface area (Å²) in [5, 5.41) is -1.09. The van der Waals surface area contributed by atoms with Crippen LogP contribution in [-0.2, 0) is 4.74 Å². The Morgan fingerprint density at radius 3 is 1.86 bits per heavy atom. The minimum Gasteiger partial charge on any atom is -0.379 e. The van der Waals surface area contributed by atoms with Crippen LogP contribution in [0, 0.1) is 0 Å². The number of hydrogen-bond acceptors (Lipinski definition) is 2. The molecule has 0 bridgehead atoms. The van der Waals surface area contributed by atoms with Gasteiger partial charge in [0.2, 0.25) is 0 Å². The van der Waals surface area contributed by atoms with Gasteiger partial charge in [0.05, 0.1) is 32.9 Å². The van der Waals surface area contributed by atoms with Crippen LogP contribution in [0.5, 0.6) is 0 Å². The van der Waals surface area contributed by atoms with E-state index in [1.807, 2.05) is 6.26 Å². The topological polar surface area (TPSA) is 9.23 Å². The number of methoxy groups -OCH3 is 1. The van der Waals surface area contributed by atoms with E-state index < -0.39 is 0 Å². The van der Waals surface area contributed by atoms with Crippen LogP contribution in [0.4, 0.5) is 0 Å². The first kappa shape index (κ1) is 13.5. The van der Waals surface area contributed by atoms with Crippen molar-refractivity contribution in [1.82, 2.24) is 0 Å². The molecule has 6 heteroatoms. The molecule has 1 fully saturated rings. The van der Waals surface area contributed by atoms with Gasteiger partial charge in [0.25, 0.3) is 0 Å². The van der Waals surface area contributed by atoms with Crippen molar-refractivity contribution in [2.24, 2.45) is 0 Å². The Hall–Kier alpha value is 1.47. The van der Waals surface area contributed by atoms with Crippen molar-refractivity contribution < 1.29 is 4.74 Å². The van der Waals surface area contributed by atoms with E-state index in [2.05, 4.69) is 0 Å². The summed E-state index contributed by atoms with van der Waals surface area (Å²) in [5.74, 6) is 0. The second kappa shape index (κ2) is 5.70. The maximum Gasteiger partial charge on any atom is 0.0882 e. The van der Waals surface area contributed by atoms with Crippen molar-refractivity contribution in [3.05, 3.63) is 0 Å². The molecule has 0 aromatic rings. The molecule has 84 valence electrons. The monoisotopic (exact) mass is 296 g/mol. The van der Waals surface area contributed by atoms with Gasteiger partial charge in [-0.05, 0) is 6.26 Å². The van der Waals surface area contributed by atoms with Crippen molar-refractivity contribution in [2.45, 2.75) is 32.9 Å². The molecule has 0 spiro atoms. The molecule has 1 rings (SSSR count). The Morgan fingerprint density at radius 1 is 0.929 bits per heavy atom. The summed E-state index contributed by atoms with van der Waals surface area (Å²) in [5.41, 5.74) is 0. The quantitative estimate of drug-likeness (QED) is 0.724. The van der Waals surface area contributed by atoms with Crippen LogP contribution >= 0.6 is 58.2 Å². The molecule has 0 heterocycles. The lowest BCUT2D eigenvalue weighted by Gasteiger charge is -2.42. The van der Waals surface area contributed by atoms with Gasteiger partial charge >= 0.3 is 0 Å².